The van der Waals surface area contributed by atoms with Crippen LogP contribution in [0.4, 0.5) is 4.79 Å². The molecule has 6 nitrogen and oxygen atoms in total. The summed E-state index contributed by atoms with van der Waals surface area (Å²) in [5.41, 5.74) is 0.593. The zero-order valence-electron chi connectivity index (χ0n) is 13.1. The highest BCUT2D eigenvalue weighted by molar-refractivity contribution is 5.87. The summed E-state index contributed by atoms with van der Waals surface area (Å²) in [6, 6.07) is 3.67. The van der Waals surface area contributed by atoms with Gasteiger partial charge in [-0.3, -0.25) is 9.78 Å². The monoisotopic (exact) mass is 302 g/mol. The molecule has 1 aromatic heterocycles. The number of pyridine rings is 1. The van der Waals surface area contributed by atoms with E-state index in [1.165, 1.54) is 0 Å². The zero-order chi connectivity index (χ0) is 15.7. The summed E-state index contributed by atoms with van der Waals surface area (Å²) >= 11 is 0. The van der Waals surface area contributed by atoms with Gasteiger partial charge in [-0.15, -0.1) is 0 Å². The summed E-state index contributed by atoms with van der Waals surface area (Å²) in [5, 5.41) is 2.92. The number of aromatic nitrogens is 1. The molecule has 0 aliphatic carbocycles. The summed E-state index contributed by atoms with van der Waals surface area (Å²) in [4.78, 5) is 32.4. The van der Waals surface area contributed by atoms with Gasteiger partial charge in [-0.2, -0.15) is 0 Å². The fourth-order valence-corrected chi connectivity index (χ4v) is 3.57. The van der Waals surface area contributed by atoms with E-state index < -0.39 is 0 Å². The van der Waals surface area contributed by atoms with Gasteiger partial charge in [0, 0.05) is 45.6 Å². The van der Waals surface area contributed by atoms with E-state index in [4.69, 9.17) is 0 Å². The molecule has 0 radical (unpaired) electrons. The van der Waals surface area contributed by atoms with Crippen molar-refractivity contribution in [2.24, 2.45) is 11.3 Å². The first-order valence-electron chi connectivity index (χ1n) is 7.70. The maximum atomic E-state index is 12.4. The minimum absolute atomic E-state index is 0.102. The molecule has 1 N–H and O–H groups in total. The third-order valence-corrected chi connectivity index (χ3v) is 5.03. The molecule has 118 valence electrons. The lowest BCUT2D eigenvalue weighted by Gasteiger charge is -2.25. The molecule has 6 heteroatoms. The Morgan fingerprint density at radius 3 is 3.00 bits per heavy atom. The van der Waals surface area contributed by atoms with E-state index in [9.17, 15) is 9.59 Å². The average Bonchev–Trinajstić information content (AvgIpc) is 3.02. The van der Waals surface area contributed by atoms with Crippen molar-refractivity contribution >= 4 is 11.9 Å². The lowest BCUT2D eigenvalue weighted by Crippen LogP contribution is -2.41. The lowest BCUT2D eigenvalue weighted by molar-refractivity contribution is -0.135. The quantitative estimate of drug-likeness (QED) is 0.889. The van der Waals surface area contributed by atoms with Gasteiger partial charge in [-0.25, -0.2) is 4.79 Å². The molecule has 22 heavy (non-hydrogen) atoms. The number of amides is 3. The van der Waals surface area contributed by atoms with Crippen LogP contribution in [0, 0.1) is 11.3 Å². The summed E-state index contributed by atoms with van der Waals surface area (Å²) in [7, 11) is 1.84. The van der Waals surface area contributed by atoms with E-state index in [0.29, 0.717) is 19.6 Å². The van der Waals surface area contributed by atoms with Crippen LogP contribution in [-0.2, 0) is 11.3 Å². The predicted octanol–water partition coefficient (Wildman–Crippen LogP) is 1.09. The van der Waals surface area contributed by atoms with Crippen LogP contribution in [0.2, 0.25) is 0 Å². The molecule has 2 aliphatic heterocycles. The minimum atomic E-state index is -0.375. The fourth-order valence-electron chi connectivity index (χ4n) is 3.57. The van der Waals surface area contributed by atoms with Crippen LogP contribution in [0.1, 0.15) is 18.9 Å². The fraction of sp³-hybridized carbons (Fsp3) is 0.562. The Balaban J connectivity index is 1.62. The number of carbonyl (C=O) groups is 2. The van der Waals surface area contributed by atoms with Crippen molar-refractivity contribution in [3.05, 3.63) is 30.1 Å². The second kappa shape index (κ2) is 5.59. The summed E-state index contributed by atoms with van der Waals surface area (Å²) in [5.74, 6) is 0.386. The first-order chi connectivity index (χ1) is 10.5. The van der Waals surface area contributed by atoms with Crippen LogP contribution in [0.5, 0.6) is 0 Å². The maximum Gasteiger partial charge on any atom is 0.317 e. The van der Waals surface area contributed by atoms with Crippen LogP contribution in [-0.4, -0.2) is 53.4 Å². The van der Waals surface area contributed by atoms with Gasteiger partial charge in [-0.05, 0) is 24.0 Å². The second-order valence-electron chi connectivity index (χ2n) is 6.43. The number of rotatable bonds is 2. The summed E-state index contributed by atoms with van der Waals surface area (Å²) in [6.45, 7) is 4.48. The summed E-state index contributed by atoms with van der Waals surface area (Å²) in [6.07, 6.45) is 4.29. The number of nitrogens with zero attached hydrogens (tertiary/aromatic N) is 3. The number of hydrogen-bond acceptors (Lipinski definition) is 3. The molecule has 0 aromatic carbocycles. The van der Waals surface area contributed by atoms with Gasteiger partial charge in [0.05, 0.1) is 5.41 Å². The van der Waals surface area contributed by atoms with Crippen molar-refractivity contribution in [1.29, 1.82) is 0 Å². The predicted molar refractivity (Wildman–Crippen MR) is 81.9 cm³/mol. The van der Waals surface area contributed by atoms with Gasteiger partial charge in [0.15, 0.2) is 0 Å². The summed E-state index contributed by atoms with van der Waals surface area (Å²) < 4.78 is 0. The molecule has 3 amide bonds. The number of carbonyl (C=O) groups excluding carboxylic acids is 2. The first-order valence-corrected chi connectivity index (χ1v) is 7.70. The molecule has 0 bridgehead atoms. The van der Waals surface area contributed by atoms with Crippen molar-refractivity contribution in [2.75, 3.05) is 26.7 Å². The molecule has 1 aromatic rings. The minimum Gasteiger partial charge on any atom is -0.345 e. The van der Waals surface area contributed by atoms with Gasteiger partial charge >= 0.3 is 6.03 Å². The molecule has 0 saturated carbocycles. The Bertz CT molecular complexity index is 577. The van der Waals surface area contributed by atoms with Crippen LogP contribution in [0.3, 0.4) is 0 Å². The SMILES string of the molecule is C[C@H]1CN(C(=O)NCc2cccnc2)C[C@@]12CCN(C)C2=O. The molecule has 2 atom stereocenters. The van der Waals surface area contributed by atoms with Crippen molar-refractivity contribution in [1.82, 2.24) is 20.1 Å². The van der Waals surface area contributed by atoms with E-state index in [2.05, 4.69) is 17.2 Å². The maximum absolute atomic E-state index is 12.4. The second-order valence-corrected chi connectivity index (χ2v) is 6.43. The third kappa shape index (κ3) is 2.42. The van der Waals surface area contributed by atoms with Crippen molar-refractivity contribution < 1.29 is 9.59 Å². The average molecular weight is 302 g/mol. The van der Waals surface area contributed by atoms with Crippen LogP contribution in [0.25, 0.3) is 0 Å². The largest absolute Gasteiger partial charge is 0.345 e. The topological polar surface area (TPSA) is 65.5 Å². The lowest BCUT2D eigenvalue weighted by atomic mass is 9.78. The van der Waals surface area contributed by atoms with Crippen LogP contribution >= 0.6 is 0 Å². The Labute approximate surface area is 130 Å². The Morgan fingerprint density at radius 2 is 2.36 bits per heavy atom. The molecule has 3 heterocycles. The number of nitrogens with one attached hydrogen (secondary N) is 1. The zero-order valence-corrected chi connectivity index (χ0v) is 13.1. The number of hydrogen-bond donors (Lipinski definition) is 1. The van der Waals surface area contributed by atoms with Crippen LogP contribution in [0.15, 0.2) is 24.5 Å². The smallest absolute Gasteiger partial charge is 0.317 e. The van der Waals surface area contributed by atoms with Crippen LogP contribution < -0.4 is 5.32 Å². The van der Waals surface area contributed by atoms with Gasteiger partial charge in [0.1, 0.15) is 0 Å². The van der Waals surface area contributed by atoms with Gasteiger partial charge < -0.3 is 15.1 Å². The van der Waals surface area contributed by atoms with E-state index in [1.807, 2.05) is 19.2 Å². The molecular formula is C16H22N4O2. The highest BCUT2D eigenvalue weighted by atomic mass is 16.2. The molecular weight excluding hydrogens is 280 g/mol. The molecule has 0 unspecified atom stereocenters. The number of likely N-dealkylation sites (tertiary alicyclic amines) is 2. The highest BCUT2D eigenvalue weighted by Gasteiger charge is 2.55. The molecule has 2 aliphatic rings. The van der Waals surface area contributed by atoms with E-state index >= 15 is 0 Å². The van der Waals surface area contributed by atoms with E-state index in [-0.39, 0.29) is 23.3 Å². The van der Waals surface area contributed by atoms with E-state index in [1.54, 1.807) is 22.2 Å². The normalized spacial score (nSPS) is 27.7. The van der Waals surface area contributed by atoms with Gasteiger partial charge in [0.2, 0.25) is 5.91 Å². The van der Waals surface area contributed by atoms with Gasteiger partial charge in [-0.1, -0.05) is 13.0 Å². The van der Waals surface area contributed by atoms with Gasteiger partial charge in [0.25, 0.3) is 0 Å². The van der Waals surface area contributed by atoms with E-state index in [0.717, 1.165) is 18.5 Å². The van der Waals surface area contributed by atoms with Crippen molar-refractivity contribution in [3.8, 4) is 0 Å². The highest BCUT2D eigenvalue weighted by Crippen LogP contribution is 2.44. The molecule has 2 saturated heterocycles. The van der Waals surface area contributed by atoms with Crippen molar-refractivity contribution in [2.45, 2.75) is 19.9 Å². The van der Waals surface area contributed by atoms with Crippen molar-refractivity contribution in [3.63, 3.8) is 0 Å². The first kappa shape index (κ1) is 14.8. The number of urea groups is 1. The Kier molecular flexibility index (Phi) is 3.76. The molecule has 1 spiro atoms. The Morgan fingerprint density at radius 1 is 1.55 bits per heavy atom. The molecule has 2 fully saturated rings. The molecule has 3 rings (SSSR count). The Hall–Kier alpha value is -2.11. The standard InChI is InChI=1S/C16H22N4O2/c1-12-10-20(11-16(12)5-7-19(2)14(16)21)15(22)18-9-13-4-3-6-17-8-13/h3-4,6,8,12H,5,7,9-11H2,1-2H3,(H,18,22)/t12-,16-/m0/s1. The third-order valence-electron chi connectivity index (χ3n) is 5.03.